The zero-order valence-corrected chi connectivity index (χ0v) is 11.0. The molecule has 1 atom stereocenters. The molecule has 19 heavy (non-hydrogen) atoms. The van der Waals surface area contributed by atoms with Crippen LogP contribution >= 0.6 is 0 Å². The molecule has 2 aromatic rings. The van der Waals surface area contributed by atoms with E-state index < -0.39 is 6.10 Å². The second-order valence-corrected chi connectivity index (χ2v) is 4.43. The van der Waals surface area contributed by atoms with E-state index in [-0.39, 0.29) is 6.10 Å². The Bertz CT molecular complexity index is 497. The minimum absolute atomic E-state index is 0.0467. The molecule has 2 rings (SSSR count). The Morgan fingerprint density at radius 2 is 2.21 bits per heavy atom. The third-order valence-corrected chi connectivity index (χ3v) is 2.48. The summed E-state index contributed by atoms with van der Waals surface area (Å²) in [5.41, 5.74) is 0.752. The van der Waals surface area contributed by atoms with Gasteiger partial charge in [0.25, 0.3) is 0 Å². The largest absolute Gasteiger partial charge is 0.473 e. The molecule has 2 N–H and O–H groups in total. The van der Waals surface area contributed by atoms with Crippen LogP contribution in [0.25, 0.3) is 0 Å². The first-order chi connectivity index (χ1) is 9.16. The summed E-state index contributed by atoms with van der Waals surface area (Å²) >= 11 is 0. The fourth-order valence-corrected chi connectivity index (χ4v) is 1.63. The molecule has 0 fully saturated rings. The number of anilines is 1. The predicted molar refractivity (Wildman–Crippen MR) is 72.2 cm³/mol. The number of ether oxygens (including phenoxy) is 1. The molecule has 0 aromatic carbocycles. The van der Waals surface area contributed by atoms with E-state index in [9.17, 15) is 5.11 Å². The molecule has 0 radical (unpaired) electrons. The van der Waals surface area contributed by atoms with Crippen molar-refractivity contribution in [2.75, 3.05) is 11.9 Å². The standard InChI is InChI=1S/C14H18N2O3/c1-10(2)19-14-11(5-3-7-15-14)16-9-12(17)13-6-4-8-18-13/h3-8,10,12,16-17H,9H2,1-2H3. The molecular weight excluding hydrogens is 244 g/mol. The zero-order valence-electron chi connectivity index (χ0n) is 11.0. The molecular formula is C14H18N2O3. The van der Waals surface area contributed by atoms with Gasteiger partial charge in [-0.1, -0.05) is 0 Å². The predicted octanol–water partition coefficient (Wildman–Crippen LogP) is 2.61. The lowest BCUT2D eigenvalue weighted by atomic mass is 10.2. The second-order valence-electron chi connectivity index (χ2n) is 4.43. The zero-order chi connectivity index (χ0) is 13.7. The number of nitrogens with one attached hydrogen (secondary N) is 1. The van der Waals surface area contributed by atoms with E-state index in [4.69, 9.17) is 9.15 Å². The molecule has 0 amide bonds. The summed E-state index contributed by atoms with van der Waals surface area (Å²) < 4.78 is 10.7. The summed E-state index contributed by atoms with van der Waals surface area (Å²) in [5.74, 6) is 1.06. The van der Waals surface area contributed by atoms with Crippen molar-refractivity contribution >= 4 is 5.69 Å². The second kappa shape index (κ2) is 6.24. The topological polar surface area (TPSA) is 67.5 Å². The normalized spacial score (nSPS) is 12.4. The number of pyridine rings is 1. The first-order valence-electron chi connectivity index (χ1n) is 6.24. The van der Waals surface area contributed by atoms with Crippen LogP contribution in [-0.2, 0) is 0 Å². The average Bonchev–Trinajstić information content (AvgIpc) is 2.90. The Kier molecular flexibility index (Phi) is 4.41. The van der Waals surface area contributed by atoms with Gasteiger partial charge in [0.1, 0.15) is 11.9 Å². The summed E-state index contributed by atoms with van der Waals surface area (Å²) in [5, 5.41) is 13.0. The summed E-state index contributed by atoms with van der Waals surface area (Å²) in [7, 11) is 0. The minimum Gasteiger partial charge on any atom is -0.473 e. The van der Waals surface area contributed by atoms with E-state index in [1.54, 1.807) is 18.3 Å². The van der Waals surface area contributed by atoms with Gasteiger partial charge in [0.2, 0.25) is 5.88 Å². The van der Waals surface area contributed by atoms with Gasteiger partial charge in [0, 0.05) is 12.7 Å². The number of aromatic nitrogens is 1. The highest BCUT2D eigenvalue weighted by Crippen LogP contribution is 2.23. The molecule has 0 bridgehead atoms. The lowest BCUT2D eigenvalue weighted by molar-refractivity contribution is 0.162. The van der Waals surface area contributed by atoms with E-state index in [0.29, 0.717) is 18.2 Å². The molecule has 0 aliphatic carbocycles. The van der Waals surface area contributed by atoms with Gasteiger partial charge >= 0.3 is 0 Å². The van der Waals surface area contributed by atoms with Crippen molar-refractivity contribution in [3.05, 3.63) is 42.5 Å². The van der Waals surface area contributed by atoms with Gasteiger partial charge in [-0.05, 0) is 38.1 Å². The van der Waals surface area contributed by atoms with Crippen LogP contribution in [0.4, 0.5) is 5.69 Å². The van der Waals surface area contributed by atoms with Crippen molar-refractivity contribution in [1.82, 2.24) is 4.98 Å². The quantitative estimate of drug-likeness (QED) is 0.837. The Morgan fingerprint density at radius 3 is 2.89 bits per heavy atom. The molecule has 0 saturated carbocycles. The van der Waals surface area contributed by atoms with Gasteiger partial charge < -0.3 is 19.6 Å². The monoisotopic (exact) mass is 262 g/mol. The SMILES string of the molecule is CC(C)Oc1ncccc1NCC(O)c1ccco1. The van der Waals surface area contributed by atoms with Crippen LogP contribution in [0.2, 0.25) is 0 Å². The molecule has 5 nitrogen and oxygen atoms in total. The maximum absolute atomic E-state index is 9.93. The van der Waals surface area contributed by atoms with Crippen LogP contribution in [0, 0.1) is 0 Å². The maximum atomic E-state index is 9.93. The van der Waals surface area contributed by atoms with E-state index in [2.05, 4.69) is 10.3 Å². The van der Waals surface area contributed by atoms with Crippen molar-refractivity contribution < 1.29 is 14.3 Å². The summed E-state index contributed by atoms with van der Waals surface area (Å²) in [6.07, 6.45) is 2.55. The smallest absolute Gasteiger partial charge is 0.237 e. The van der Waals surface area contributed by atoms with Gasteiger partial charge in [-0.2, -0.15) is 0 Å². The van der Waals surface area contributed by atoms with E-state index in [1.807, 2.05) is 26.0 Å². The van der Waals surface area contributed by atoms with E-state index >= 15 is 0 Å². The van der Waals surface area contributed by atoms with Crippen molar-refractivity contribution in [3.8, 4) is 5.88 Å². The fraction of sp³-hybridized carbons (Fsp3) is 0.357. The van der Waals surface area contributed by atoms with Gasteiger partial charge in [0.15, 0.2) is 0 Å². The Hall–Kier alpha value is -2.01. The number of furan rings is 1. The van der Waals surface area contributed by atoms with Gasteiger partial charge in [-0.15, -0.1) is 0 Å². The minimum atomic E-state index is -0.706. The fourth-order valence-electron chi connectivity index (χ4n) is 1.63. The van der Waals surface area contributed by atoms with Crippen molar-refractivity contribution in [2.45, 2.75) is 26.1 Å². The molecule has 0 saturated heterocycles. The maximum Gasteiger partial charge on any atom is 0.237 e. The first-order valence-corrected chi connectivity index (χ1v) is 6.24. The lowest BCUT2D eigenvalue weighted by Gasteiger charge is -2.15. The molecule has 0 aliphatic rings. The van der Waals surface area contributed by atoms with Crippen molar-refractivity contribution in [3.63, 3.8) is 0 Å². The Labute approximate surface area is 112 Å². The van der Waals surface area contributed by atoms with E-state index in [0.717, 1.165) is 5.69 Å². The molecule has 2 heterocycles. The molecule has 2 aromatic heterocycles. The highest BCUT2D eigenvalue weighted by Gasteiger charge is 2.12. The van der Waals surface area contributed by atoms with Crippen molar-refractivity contribution in [1.29, 1.82) is 0 Å². The van der Waals surface area contributed by atoms with Crippen LogP contribution in [0.5, 0.6) is 5.88 Å². The summed E-state index contributed by atoms with van der Waals surface area (Å²) in [4.78, 5) is 4.17. The lowest BCUT2D eigenvalue weighted by Crippen LogP contribution is -2.14. The van der Waals surface area contributed by atoms with Crippen LogP contribution in [-0.4, -0.2) is 22.7 Å². The van der Waals surface area contributed by atoms with E-state index in [1.165, 1.54) is 6.26 Å². The summed E-state index contributed by atoms with van der Waals surface area (Å²) in [6, 6.07) is 7.16. The average molecular weight is 262 g/mol. The Morgan fingerprint density at radius 1 is 1.37 bits per heavy atom. The molecule has 102 valence electrons. The molecule has 5 heteroatoms. The molecule has 0 spiro atoms. The third kappa shape index (κ3) is 3.72. The first kappa shape index (κ1) is 13.4. The molecule has 0 aliphatic heterocycles. The van der Waals surface area contributed by atoms with Crippen LogP contribution in [0.15, 0.2) is 41.1 Å². The van der Waals surface area contributed by atoms with Crippen LogP contribution < -0.4 is 10.1 Å². The third-order valence-electron chi connectivity index (χ3n) is 2.48. The number of nitrogens with zero attached hydrogens (tertiary/aromatic N) is 1. The highest BCUT2D eigenvalue weighted by molar-refractivity contribution is 5.52. The van der Waals surface area contributed by atoms with Gasteiger partial charge in [-0.25, -0.2) is 4.98 Å². The molecule has 1 unspecified atom stereocenters. The van der Waals surface area contributed by atoms with Crippen LogP contribution in [0.1, 0.15) is 25.7 Å². The number of rotatable bonds is 6. The van der Waals surface area contributed by atoms with Gasteiger partial charge in [0.05, 0.1) is 18.1 Å². The van der Waals surface area contributed by atoms with Gasteiger partial charge in [-0.3, -0.25) is 0 Å². The van der Waals surface area contributed by atoms with Crippen molar-refractivity contribution in [2.24, 2.45) is 0 Å². The number of hydrogen-bond donors (Lipinski definition) is 2. The Balaban J connectivity index is 1.99. The number of hydrogen-bond acceptors (Lipinski definition) is 5. The summed E-state index contributed by atoms with van der Waals surface area (Å²) in [6.45, 7) is 4.21. The number of aliphatic hydroxyl groups is 1. The highest BCUT2D eigenvalue weighted by atomic mass is 16.5. The van der Waals surface area contributed by atoms with Crippen LogP contribution in [0.3, 0.4) is 0 Å². The number of aliphatic hydroxyl groups excluding tert-OH is 1.